The number of aryl methyl sites for hydroxylation is 2. The van der Waals surface area contributed by atoms with Crippen molar-refractivity contribution in [3.8, 4) is 0 Å². The van der Waals surface area contributed by atoms with E-state index in [1.807, 2.05) is 18.5 Å². The molecule has 0 fully saturated rings. The molecule has 11 heavy (non-hydrogen) atoms. The van der Waals surface area contributed by atoms with Gasteiger partial charge in [0.1, 0.15) is 0 Å². The molecule has 0 N–H and O–H groups in total. The van der Waals surface area contributed by atoms with E-state index in [1.165, 1.54) is 0 Å². The Balaban J connectivity index is 3.03. The Labute approximate surface area is 67.5 Å². The van der Waals surface area contributed by atoms with Crippen LogP contribution in [0.15, 0.2) is 12.6 Å². The number of hydrogen-bond acceptors (Lipinski definition) is 1. The molecule has 0 spiro atoms. The van der Waals surface area contributed by atoms with Gasteiger partial charge in [-0.3, -0.25) is 0 Å². The van der Waals surface area contributed by atoms with Gasteiger partial charge in [0.05, 0.1) is 5.69 Å². The van der Waals surface area contributed by atoms with Crippen LogP contribution in [0, 0.1) is 13.8 Å². The summed E-state index contributed by atoms with van der Waals surface area (Å²) in [5.74, 6) is 0. The second-order valence-corrected chi connectivity index (χ2v) is 2.76. The molecule has 0 aliphatic carbocycles. The van der Waals surface area contributed by atoms with Gasteiger partial charge in [-0.05, 0) is 26.3 Å². The highest BCUT2D eigenvalue weighted by Gasteiger charge is 2.01. The van der Waals surface area contributed by atoms with Crippen molar-refractivity contribution in [2.45, 2.75) is 27.2 Å². The second-order valence-electron chi connectivity index (χ2n) is 2.76. The lowest BCUT2D eigenvalue weighted by molar-refractivity contribution is 0.826. The van der Waals surface area contributed by atoms with Crippen molar-refractivity contribution >= 4 is 5.70 Å². The Hall–Kier alpha value is -1.05. The quantitative estimate of drug-likeness (QED) is 0.633. The lowest BCUT2D eigenvalue weighted by Crippen LogP contribution is -1.98. The average Bonchev–Trinajstić information content (AvgIpc) is 2.28. The maximum absolute atomic E-state index is 4.30. The first-order valence-electron chi connectivity index (χ1n) is 3.86. The molecule has 0 bridgehead atoms. The molecule has 0 aliphatic heterocycles. The summed E-state index contributed by atoms with van der Waals surface area (Å²) in [6.07, 6.45) is 0.946. The van der Waals surface area contributed by atoms with Gasteiger partial charge in [0.2, 0.25) is 0 Å². The number of rotatable bonds is 2. The molecule has 0 saturated carbocycles. The van der Waals surface area contributed by atoms with Crippen LogP contribution in [-0.2, 0) is 0 Å². The van der Waals surface area contributed by atoms with Crippen molar-refractivity contribution in [2.24, 2.45) is 0 Å². The molecule has 1 aromatic rings. The first kappa shape index (κ1) is 8.05. The van der Waals surface area contributed by atoms with E-state index < -0.39 is 0 Å². The fourth-order valence-electron chi connectivity index (χ4n) is 1.10. The van der Waals surface area contributed by atoms with Gasteiger partial charge in [-0.1, -0.05) is 13.5 Å². The highest BCUT2D eigenvalue weighted by Crippen LogP contribution is 2.10. The highest BCUT2D eigenvalue weighted by atomic mass is 15.3. The minimum atomic E-state index is 0.946. The third kappa shape index (κ3) is 1.50. The molecule has 0 atom stereocenters. The molecule has 2 nitrogen and oxygen atoms in total. The van der Waals surface area contributed by atoms with E-state index in [1.54, 1.807) is 0 Å². The zero-order valence-electron chi connectivity index (χ0n) is 7.39. The molecule has 1 aromatic heterocycles. The summed E-state index contributed by atoms with van der Waals surface area (Å²) in [5, 5.41) is 4.30. The summed E-state index contributed by atoms with van der Waals surface area (Å²) < 4.78 is 1.90. The Morgan fingerprint density at radius 3 is 2.64 bits per heavy atom. The Bertz CT molecular complexity index is 271. The van der Waals surface area contributed by atoms with E-state index in [-0.39, 0.29) is 0 Å². The minimum Gasteiger partial charge on any atom is -0.243 e. The summed E-state index contributed by atoms with van der Waals surface area (Å²) in [6, 6.07) is 2.06. The molecular formula is C9H14N2. The monoisotopic (exact) mass is 150 g/mol. The van der Waals surface area contributed by atoms with Crippen molar-refractivity contribution in [3.05, 3.63) is 24.0 Å². The number of allylic oxidation sites excluding steroid dienone is 1. The molecule has 0 aromatic carbocycles. The highest BCUT2D eigenvalue weighted by molar-refractivity contribution is 5.41. The van der Waals surface area contributed by atoms with Crippen LogP contribution in [0.25, 0.3) is 5.70 Å². The lowest BCUT2D eigenvalue weighted by atomic mass is 10.3. The maximum Gasteiger partial charge on any atom is 0.0600 e. The van der Waals surface area contributed by atoms with Crippen LogP contribution in [0.4, 0.5) is 0 Å². The number of hydrogen-bond donors (Lipinski definition) is 0. The fourth-order valence-corrected chi connectivity index (χ4v) is 1.10. The molecule has 1 rings (SSSR count). The molecular weight excluding hydrogens is 136 g/mol. The summed E-state index contributed by atoms with van der Waals surface area (Å²) in [7, 11) is 0. The Kier molecular flexibility index (Phi) is 2.13. The first-order valence-corrected chi connectivity index (χ1v) is 3.86. The van der Waals surface area contributed by atoms with Gasteiger partial charge in [0.25, 0.3) is 0 Å². The molecule has 0 aliphatic rings. The largest absolute Gasteiger partial charge is 0.243 e. The standard InChI is InChI=1S/C9H14N2/c1-5-8(3)11-9(4)6-7(2)10-11/h6H,3,5H2,1-2,4H3. The smallest absolute Gasteiger partial charge is 0.0600 e. The molecule has 0 radical (unpaired) electrons. The van der Waals surface area contributed by atoms with Gasteiger partial charge in [0, 0.05) is 11.4 Å². The van der Waals surface area contributed by atoms with Gasteiger partial charge < -0.3 is 0 Å². The van der Waals surface area contributed by atoms with Crippen LogP contribution in [0.5, 0.6) is 0 Å². The predicted octanol–water partition coefficient (Wildman–Crippen LogP) is 2.38. The molecule has 0 amide bonds. The normalized spacial score (nSPS) is 10.1. The van der Waals surface area contributed by atoms with E-state index in [0.29, 0.717) is 0 Å². The van der Waals surface area contributed by atoms with Crippen LogP contribution in [0.3, 0.4) is 0 Å². The summed E-state index contributed by atoms with van der Waals surface area (Å²) >= 11 is 0. The van der Waals surface area contributed by atoms with Gasteiger partial charge in [-0.2, -0.15) is 5.10 Å². The van der Waals surface area contributed by atoms with E-state index in [4.69, 9.17) is 0 Å². The minimum absolute atomic E-state index is 0.946. The van der Waals surface area contributed by atoms with Crippen molar-refractivity contribution in [2.75, 3.05) is 0 Å². The summed E-state index contributed by atoms with van der Waals surface area (Å²) in [4.78, 5) is 0. The molecule has 2 heteroatoms. The zero-order chi connectivity index (χ0) is 8.43. The van der Waals surface area contributed by atoms with Crippen molar-refractivity contribution in [1.82, 2.24) is 9.78 Å². The van der Waals surface area contributed by atoms with Gasteiger partial charge >= 0.3 is 0 Å². The SMILES string of the molecule is C=C(CC)n1nc(C)cc1C. The lowest BCUT2D eigenvalue weighted by Gasteiger charge is -2.03. The summed E-state index contributed by atoms with van der Waals surface area (Å²) in [6.45, 7) is 10.0. The number of nitrogens with zero attached hydrogens (tertiary/aromatic N) is 2. The second kappa shape index (κ2) is 2.91. The first-order chi connectivity index (χ1) is 5.15. The summed E-state index contributed by atoms with van der Waals surface area (Å²) in [5.41, 5.74) is 3.27. The average molecular weight is 150 g/mol. The van der Waals surface area contributed by atoms with Crippen LogP contribution in [0.1, 0.15) is 24.7 Å². The molecule has 0 saturated heterocycles. The van der Waals surface area contributed by atoms with Gasteiger partial charge in [-0.15, -0.1) is 0 Å². The van der Waals surface area contributed by atoms with Crippen molar-refractivity contribution in [3.63, 3.8) is 0 Å². The van der Waals surface area contributed by atoms with Crippen LogP contribution < -0.4 is 0 Å². The zero-order valence-corrected chi connectivity index (χ0v) is 7.39. The van der Waals surface area contributed by atoms with Crippen LogP contribution >= 0.6 is 0 Å². The third-order valence-electron chi connectivity index (χ3n) is 1.72. The van der Waals surface area contributed by atoms with E-state index in [9.17, 15) is 0 Å². The molecule has 1 heterocycles. The predicted molar refractivity (Wildman–Crippen MR) is 47.3 cm³/mol. The van der Waals surface area contributed by atoms with Crippen LogP contribution in [0.2, 0.25) is 0 Å². The van der Waals surface area contributed by atoms with E-state index in [2.05, 4.69) is 24.7 Å². The third-order valence-corrected chi connectivity index (χ3v) is 1.72. The van der Waals surface area contributed by atoms with E-state index >= 15 is 0 Å². The Morgan fingerprint density at radius 2 is 2.27 bits per heavy atom. The topological polar surface area (TPSA) is 17.8 Å². The Morgan fingerprint density at radius 1 is 1.64 bits per heavy atom. The van der Waals surface area contributed by atoms with E-state index in [0.717, 1.165) is 23.5 Å². The van der Waals surface area contributed by atoms with Crippen molar-refractivity contribution < 1.29 is 0 Å². The molecule has 60 valence electrons. The maximum atomic E-state index is 4.30. The van der Waals surface area contributed by atoms with Gasteiger partial charge in [0.15, 0.2) is 0 Å². The van der Waals surface area contributed by atoms with Crippen LogP contribution in [-0.4, -0.2) is 9.78 Å². The van der Waals surface area contributed by atoms with Gasteiger partial charge in [-0.25, -0.2) is 4.68 Å². The van der Waals surface area contributed by atoms with Crippen molar-refractivity contribution in [1.29, 1.82) is 0 Å². The molecule has 0 unspecified atom stereocenters. The fraction of sp³-hybridized carbons (Fsp3) is 0.444. The number of aromatic nitrogens is 2.